The summed E-state index contributed by atoms with van der Waals surface area (Å²) in [6, 6.07) is 1.81. The fourth-order valence-corrected chi connectivity index (χ4v) is 3.92. The highest BCUT2D eigenvalue weighted by molar-refractivity contribution is 7.91. The summed E-state index contributed by atoms with van der Waals surface area (Å²) < 4.78 is 26.6. The molecule has 0 aliphatic carbocycles. The summed E-state index contributed by atoms with van der Waals surface area (Å²) in [7, 11) is -3.68. The molecule has 0 spiro atoms. The zero-order valence-corrected chi connectivity index (χ0v) is 12.1. The molecular weight excluding hydrogens is 286 g/mol. The smallest absolute Gasteiger partial charge is 0.305 e. The highest BCUT2D eigenvalue weighted by Gasteiger charge is 2.20. The molecule has 0 saturated heterocycles. The van der Waals surface area contributed by atoms with Crippen LogP contribution in [0.5, 0.6) is 0 Å². The van der Waals surface area contributed by atoms with E-state index in [1.54, 1.807) is 19.3 Å². The lowest BCUT2D eigenvalue weighted by Crippen LogP contribution is -2.23. The molecule has 0 aromatic carbocycles. The first-order valence-electron chi connectivity index (χ1n) is 5.49. The Morgan fingerprint density at radius 2 is 2.16 bits per heavy atom. The number of nitrogens with zero attached hydrogens (tertiary/aromatic N) is 1. The number of sulfonamides is 1. The second-order valence-electron chi connectivity index (χ2n) is 4.05. The number of aromatic amines is 1. The summed E-state index contributed by atoms with van der Waals surface area (Å²) in [4.78, 5) is 17.2. The second kappa shape index (κ2) is 5.24. The Balaban J connectivity index is 2.22. The molecule has 2 heterocycles. The number of hydrogen-bond donors (Lipinski definition) is 2. The van der Waals surface area contributed by atoms with Crippen LogP contribution in [0.15, 0.2) is 27.5 Å². The molecule has 0 amide bonds. The van der Waals surface area contributed by atoms with E-state index in [1.807, 2.05) is 13.0 Å². The van der Waals surface area contributed by atoms with Crippen molar-refractivity contribution >= 4 is 21.4 Å². The van der Waals surface area contributed by atoms with Crippen molar-refractivity contribution in [2.45, 2.75) is 24.6 Å². The number of nitrogens with one attached hydrogen (secondary N) is 2. The fraction of sp³-hybridized carbons (Fsp3) is 0.273. The van der Waals surface area contributed by atoms with Crippen LogP contribution in [0.25, 0.3) is 0 Å². The lowest BCUT2D eigenvalue weighted by Gasteiger charge is -2.07. The van der Waals surface area contributed by atoms with Crippen molar-refractivity contribution < 1.29 is 8.42 Å². The number of H-pyrrole nitrogens is 1. The average molecular weight is 299 g/mol. The molecule has 0 atom stereocenters. The Bertz CT molecular complexity index is 747. The van der Waals surface area contributed by atoms with Crippen LogP contribution in [0.4, 0.5) is 0 Å². The van der Waals surface area contributed by atoms with Crippen LogP contribution in [0.2, 0.25) is 0 Å². The van der Waals surface area contributed by atoms with Crippen LogP contribution < -0.4 is 9.60 Å². The van der Waals surface area contributed by atoms with Gasteiger partial charge in [0.15, 0.2) is 4.21 Å². The molecule has 0 saturated carbocycles. The van der Waals surface area contributed by atoms with Crippen molar-refractivity contribution in [3.8, 4) is 0 Å². The lowest BCUT2D eigenvalue weighted by atomic mass is 10.2. The normalized spacial score (nSPS) is 11.7. The molecule has 0 fully saturated rings. The van der Waals surface area contributed by atoms with Crippen LogP contribution in [-0.2, 0) is 16.6 Å². The van der Waals surface area contributed by atoms with Gasteiger partial charge in [0.1, 0.15) is 0 Å². The van der Waals surface area contributed by atoms with E-state index in [2.05, 4.69) is 14.7 Å². The van der Waals surface area contributed by atoms with E-state index >= 15 is 0 Å². The molecule has 0 aliphatic heterocycles. The maximum absolute atomic E-state index is 12.1. The third-order valence-electron chi connectivity index (χ3n) is 2.63. The Morgan fingerprint density at radius 1 is 1.42 bits per heavy atom. The highest BCUT2D eigenvalue weighted by atomic mass is 32.2. The standard InChI is InChI=1S/C11H13N3O3S2/c1-7-3-4-12-5-9(7)6-13-19(16,17)10-8(2)14-11(15)18-10/h3-5,13H,6H2,1-2H3,(H,14,15). The molecular formula is C11H13N3O3S2. The van der Waals surface area contributed by atoms with Gasteiger partial charge in [-0.3, -0.25) is 9.78 Å². The van der Waals surface area contributed by atoms with Gasteiger partial charge in [0, 0.05) is 24.6 Å². The van der Waals surface area contributed by atoms with E-state index in [4.69, 9.17) is 0 Å². The minimum Gasteiger partial charge on any atom is -0.315 e. The van der Waals surface area contributed by atoms with Gasteiger partial charge in [0.25, 0.3) is 10.0 Å². The maximum atomic E-state index is 12.1. The predicted molar refractivity (Wildman–Crippen MR) is 72.7 cm³/mol. The zero-order chi connectivity index (χ0) is 14.0. The summed E-state index contributed by atoms with van der Waals surface area (Å²) >= 11 is 0.683. The first-order valence-corrected chi connectivity index (χ1v) is 7.79. The van der Waals surface area contributed by atoms with Gasteiger partial charge in [-0.05, 0) is 31.0 Å². The summed E-state index contributed by atoms with van der Waals surface area (Å²) in [6.45, 7) is 3.58. The molecule has 2 rings (SSSR count). The van der Waals surface area contributed by atoms with Crippen molar-refractivity contribution in [1.29, 1.82) is 0 Å². The van der Waals surface area contributed by atoms with Gasteiger partial charge < -0.3 is 4.98 Å². The van der Waals surface area contributed by atoms with Crippen LogP contribution in [0.1, 0.15) is 16.8 Å². The van der Waals surface area contributed by atoms with Crippen molar-refractivity contribution in [2.75, 3.05) is 0 Å². The lowest BCUT2D eigenvalue weighted by molar-refractivity contribution is 0.582. The van der Waals surface area contributed by atoms with Gasteiger partial charge in [-0.1, -0.05) is 11.3 Å². The molecule has 0 bridgehead atoms. The van der Waals surface area contributed by atoms with Crippen molar-refractivity contribution in [1.82, 2.24) is 14.7 Å². The molecule has 2 aromatic heterocycles. The van der Waals surface area contributed by atoms with E-state index in [0.717, 1.165) is 11.1 Å². The van der Waals surface area contributed by atoms with Gasteiger partial charge >= 0.3 is 4.87 Å². The van der Waals surface area contributed by atoms with Crippen LogP contribution in [0.3, 0.4) is 0 Å². The summed E-state index contributed by atoms with van der Waals surface area (Å²) in [5.41, 5.74) is 2.11. The van der Waals surface area contributed by atoms with E-state index < -0.39 is 10.0 Å². The molecule has 0 radical (unpaired) electrons. The Labute approximate surface area is 114 Å². The molecule has 6 nitrogen and oxygen atoms in total. The first-order chi connectivity index (χ1) is 8.90. The molecule has 0 aliphatic rings. The van der Waals surface area contributed by atoms with Gasteiger partial charge in [0.2, 0.25) is 0 Å². The van der Waals surface area contributed by atoms with E-state index in [0.29, 0.717) is 17.0 Å². The number of hydrogen-bond acceptors (Lipinski definition) is 5. The fourth-order valence-electron chi connectivity index (χ4n) is 1.57. The minimum atomic E-state index is -3.68. The average Bonchev–Trinajstić information content (AvgIpc) is 2.68. The van der Waals surface area contributed by atoms with Gasteiger partial charge in [0.05, 0.1) is 0 Å². The zero-order valence-electron chi connectivity index (χ0n) is 10.4. The largest absolute Gasteiger partial charge is 0.315 e. The van der Waals surface area contributed by atoms with Crippen molar-refractivity contribution in [3.05, 3.63) is 44.9 Å². The Kier molecular flexibility index (Phi) is 3.83. The van der Waals surface area contributed by atoms with E-state index in [1.165, 1.54) is 0 Å². The van der Waals surface area contributed by atoms with E-state index in [-0.39, 0.29) is 15.6 Å². The Morgan fingerprint density at radius 3 is 2.74 bits per heavy atom. The number of thiazole rings is 1. The number of aryl methyl sites for hydroxylation is 2. The summed E-state index contributed by atoms with van der Waals surface area (Å²) in [6.07, 6.45) is 3.26. The van der Waals surface area contributed by atoms with Crippen molar-refractivity contribution in [2.24, 2.45) is 0 Å². The van der Waals surface area contributed by atoms with E-state index in [9.17, 15) is 13.2 Å². The molecule has 2 N–H and O–H groups in total. The first kappa shape index (κ1) is 13.9. The van der Waals surface area contributed by atoms with Gasteiger partial charge in [-0.25, -0.2) is 13.1 Å². The van der Waals surface area contributed by atoms with Crippen LogP contribution in [-0.4, -0.2) is 18.4 Å². The number of pyridine rings is 1. The quantitative estimate of drug-likeness (QED) is 0.878. The third kappa shape index (κ3) is 3.09. The monoisotopic (exact) mass is 299 g/mol. The molecule has 2 aromatic rings. The Hall–Kier alpha value is -1.51. The maximum Gasteiger partial charge on any atom is 0.305 e. The van der Waals surface area contributed by atoms with Gasteiger partial charge in [-0.15, -0.1) is 0 Å². The predicted octanol–water partition coefficient (Wildman–Crippen LogP) is 0.927. The van der Waals surface area contributed by atoms with Gasteiger partial charge in [-0.2, -0.15) is 0 Å². The minimum absolute atomic E-state index is 0.0269. The SMILES string of the molecule is Cc1ccncc1CNS(=O)(=O)c1sc(=O)[nH]c1C. The number of rotatable bonds is 4. The topological polar surface area (TPSA) is 91.9 Å². The molecule has 19 heavy (non-hydrogen) atoms. The second-order valence-corrected chi connectivity index (χ2v) is 7.00. The molecule has 8 heteroatoms. The highest BCUT2D eigenvalue weighted by Crippen LogP contribution is 2.16. The summed E-state index contributed by atoms with van der Waals surface area (Å²) in [5, 5.41) is 0. The third-order valence-corrected chi connectivity index (χ3v) is 5.63. The van der Waals surface area contributed by atoms with Crippen LogP contribution in [0, 0.1) is 13.8 Å². The summed E-state index contributed by atoms with van der Waals surface area (Å²) in [5.74, 6) is 0. The number of aromatic nitrogens is 2. The van der Waals surface area contributed by atoms with Crippen LogP contribution >= 0.6 is 11.3 Å². The van der Waals surface area contributed by atoms with Crippen molar-refractivity contribution in [3.63, 3.8) is 0 Å². The molecule has 102 valence electrons. The molecule has 0 unspecified atom stereocenters.